The van der Waals surface area contributed by atoms with Crippen LogP contribution in [0.15, 0.2) is 24.5 Å². The van der Waals surface area contributed by atoms with Crippen molar-refractivity contribution in [2.75, 3.05) is 38.0 Å². The van der Waals surface area contributed by atoms with Crippen LogP contribution in [0.4, 0.5) is 5.69 Å². The molecular weight excluding hydrogens is 280 g/mol. The van der Waals surface area contributed by atoms with Crippen LogP contribution < -0.4 is 5.32 Å². The molecule has 0 unspecified atom stereocenters. The van der Waals surface area contributed by atoms with Gasteiger partial charge < -0.3 is 10.2 Å². The second kappa shape index (κ2) is 6.44. The Kier molecular flexibility index (Phi) is 4.38. The van der Waals surface area contributed by atoms with Gasteiger partial charge in [-0.25, -0.2) is 0 Å². The maximum Gasteiger partial charge on any atom is 0.238 e. The van der Waals surface area contributed by atoms with Gasteiger partial charge >= 0.3 is 0 Å². The van der Waals surface area contributed by atoms with E-state index in [0.717, 1.165) is 38.3 Å². The molecule has 118 valence electrons. The largest absolute Gasteiger partial charge is 0.340 e. The van der Waals surface area contributed by atoms with Gasteiger partial charge in [0.2, 0.25) is 11.8 Å². The molecule has 3 rings (SSSR count). The molecule has 0 spiro atoms. The van der Waals surface area contributed by atoms with E-state index in [-0.39, 0.29) is 11.8 Å². The summed E-state index contributed by atoms with van der Waals surface area (Å²) in [5.41, 5.74) is 0.761. The molecule has 2 amide bonds. The molecule has 6 heteroatoms. The SMILES string of the molecule is C[C@@H]1C[C@@H]1C(=O)N1CCN(CC(=O)Nc2ccncc2)CC1. The van der Waals surface area contributed by atoms with Gasteiger partial charge in [-0.15, -0.1) is 0 Å². The van der Waals surface area contributed by atoms with Crippen molar-refractivity contribution in [3.8, 4) is 0 Å². The minimum Gasteiger partial charge on any atom is -0.340 e. The topological polar surface area (TPSA) is 65.5 Å². The molecule has 2 atom stereocenters. The second-order valence-electron chi connectivity index (χ2n) is 6.20. The van der Waals surface area contributed by atoms with E-state index in [1.54, 1.807) is 24.5 Å². The van der Waals surface area contributed by atoms with Gasteiger partial charge in [0, 0.05) is 50.2 Å². The molecule has 2 aliphatic rings. The maximum absolute atomic E-state index is 12.2. The van der Waals surface area contributed by atoms with Gasteiger partial charge in [-0.1, -0.05) is 6.92 Å². The molecule has 0 radical (unpaired) electrons. The zero-order valence-electron chi connectivity index (χ0n) is 12.9. The number of anilines is 1. The number of nitrogens with one attached hydrogen (secondary N) is 1. The quantitative estimate of drug-likeness (QED) is 0.894. The van der Waals surface area contributed by atoms with Crippen LogP contribution in [0.3, 0.4) is 0 Å². The van der Waals surface area contributed by atoms with Crippen molar-refractivity contribution < 1.29 is 9.59 Å². The molecule has 22 heavy (non-hydrogen) atoms. The Hall–Kier alpha value is -1.95. The number of aromatic nitrogens is 1. The van der Waals surface area contributed by atoms with Crippen molar-refractivity contribution in [1.29, 1.82) is 0 Å². The van der Waals surface area contributed by atoms with Gasteiger partial charge in [0.05, 0.1) is 6.54 Å². The molecule has 6 nitrogen and oxygen atoms in total. The minimum absolute atomic E-state index is 0.0261. The van der Waals surface area contributed by atoms with Crippen LogP contribution >= 0.6 is 0 Å². The lowest BCUT2D eigenvalue weighted by molar-refractivity contribution is -0.134. The zero-order valence-corrected chi connectivity index (χ0v) is 12.9. The summed E-state index contributed by atoms with van der Waals surface area (Å²) in [7, 11) is 0. The first-order valence-corrected chi connectivity index (χ1v) is 7.84. The predicted octanol–water partition coefficient (Wildman–Crippen LogP) is 0.820. The zero-order chi connectivity index (χ0) is 15.5. The number of piperazine rings is 1. The van der Waals surface area contributed by atoms with Crippen LogP contribution in [0.25, 0.3) is 0 Å². The van der Waals surface area contributed by atoms with E-state index in [0.29, 0.717) is 18.4 Å². The third-order valence-electron chi connectivity index (χ3n) is 4.44. The Bertz CT molecular complexity index is 540. The molecular formula is C16H22N4O2. The highest BCUT2D eigenvalue weighted by atomic mass is 16.2. The van der Waals surface area contributed by atoms with Gasteiger partial charge in [-0.05, 0) is 24.5 Å². The van der Waals surface area contributed by atoms with Crippen LogP contribution in [0, 0.1) is 11.8 Å². The highest BCUT2D eigenvalue weighted by Gasteiger charge is 2.41. The fourth-order valence-corrected chi connectivity index (χ4v) is 2.87. The van der Waals surface area contributed by atoms with Crippen molar-refractivity contribution in [2.45, 2.75) is 13.3 Å². The molecule has 0 aromatic carbocycles. The Morgan fingerprint density at radius 1 is 1.23 bits per heavy atom. The fraction of sp³-hybridized carbons (Fsp3) is 0.562. The summed E-state index contributed by atoms with van der Waals surface area (Å²) in [4.78, 5) is 32.1. The number of hydrogen-bond donors (Lipinski definition) is 1. The lowest BCUT2D eigenvalue weighted by atomic mass is 10.2. The van der Waals surface area contributed by atoms with Crippen molar-refractivity contribution in [3.05, 3.63) is 24.5 Å². The first kappa shape index (κ1) is 15.0. The predicted molar refractivity (Wildman–Crippen MR) is 83.2 cm³/mol. The second-order valence-corrected chi connectivity index (χ2v) is 6.20. The molecule has 2 fully saturated rings. The molecule has 1 aliphatic heterocycles. The summed E-state index contributed by atoms with van der Waals surface area (Å²) >= 11 is 0. The van der Waals surface area contributed by atoms with Gasteiger partial charge in [0.25, 0.3) is 0 Å². The van der Waals surface area contributed by atoms with Crippen LogP contribution in [-0.4, -0.2) is 59.3 Å². The number of nitrogens with zero attached hydrogens (tertiary/aromatic N) is 3. The summed E-state index contributed by atoms with van der Waals surface area (Å²) in [5, 5.41) is 2.86. The average Bonchev–Trinajstić information content (AvgIpc) is 3.25. The van der Waals surface area contributed by atoms with Gasteiger partial charge in [0.1, 0.15) is 0 Å². The summed E-state index contributed by atoms with van der Waals surface area (Å²) < 4.78 is 0. The maximum atomic E-state index is 12.2. The lowest BCUT2D eigenvalue weighted by Crippen LogP contribution is -2.51. The molecule has 1 saturated heterocycles. The van der Waals surface area contributed by atoms with E-state index < -0.39 is 0 Å². The van der Waals surface area contributed by atoms with Crippen LogP contribution in [0.1, 0.15) is 13.3 Å². The number of rotatable bonds is 4. The number of pyridine rings is 1. The molecule has 2 heterocycles. The molecule has 1 aliphatic carbocycles. The molecule has 1 saturated carbocycles. The first-order valence-electron chi connectivity index (χ1n) is 7.84. The number of carbonyl (C=O) groups excluding carboxylic acids is 2. The fourth-order valence-electron chi connectivity index (χ4n) is 2.87. The Balaban J connectivity index is 1.42. The Morgan fingerprint density at radius 2 is 1.86 bits per heavy atom. The summed E-state index contributed by atoms with van der Waals surface area (Å²) in [6, 6.07) is 3.54. The third kappa shape index (κ3) is 3.62. The number of carbonyl (C=O) groups is 2. The summed E-state index contributed by atoms with van der Waals surface area (Å²) in [6.07, 6.45) is 4.34. The number of amides is 2. The molecule has 1 aromatic rings. The van der Waals surface area contributed by atoms with E-state index in [1.165, 1.54) is 0 Å². The van der Waals surface area contributed by atoms with E-state index in [1.807, 2.05) is 4.90 Å². The normalized spacial score (nSPS) is 24.9. The van der Waals surface area contributed by atoms with Crippen LogP contribution in [0.5, 0.6) is 0 Å². The van der Waals surface area contributed by atoms with Crippen molar-refractivity contribution in [1.82, 2.24) is 14.8 Å². The Morgan fingerprint density at radius 3 is 2.45 bits per heavy atom. The molecule has 0 bridgehead atoms. The average molecular weight is 302 g/mol. The monoisotopic (exact) mass is 302 g/mol. The van der Waals surface area contributed by atoms with Crippen molar-refractivity contribution in [2.24, 2.45) is 11.8 Å². The smallest absolute Gasteiger partial charge is 0.238 e. The molecule has 1 aromatic heterocycles. The first-order chi connectivity index (χ1) is 10.6. The van der Waals surface area contributed by atoms with Gasteiger partial charge in [0.15, 0.2) is 0 Å². The number of hydrogen-bond acceptors (Lipinski definition) is 4. The highest BCUT2D eigenvalue weighted by molar-refractivity contribution is 5.92. The van der Waals surface area contributed by atoms with Crippen molar-refractivity contribution >= 4 is 17.5 Å². The summed E-state index contributed by atoms with van der Waals surface area (Å²) in [6.45, 7) is 5.47. The highest BCUT2D eigenvalue weighted by Crippen LogP contribution is 2.39. The third-order valence-corrected chi connectivity index (χ3v) is 4.44. The lowest BCUT2D eigenvalue weighted by Gasteiger charge is -2.34. The molecule has 1 N–H and O–H groups in total. The Labute approximate surface area is 130 Å². The van der Waals surface area contributed by atoms with Gasteiger partial charge in [-0.3, -0.25) is 19.5 Å². The van der Waals surface area contributed by atoms with Gasteiger partial charge in [-0.2, -0.15) is 0 Å². The van der Waals surface area contributed by atoms with Crippen molar-refractivity contribution in [3.63, 3.8) is 0 Å². The van der Waals surface area contributed by atoms with E-state index in [9.17, 15) is 9.59 Å². The van der Waals surface area contributed by atoms with E-state index >= 15 is 0 Å². The minimum atomic E-state index is -0.0261. The van der Waals surface area contributed by atoms with Crippen LogP contribution in [-0.2, 0) is 9.59 Å². The van der Waals surface area contributed by atoms with E-state index in [2.05, 4.69) is 22.1 Å². The van der Waals surface area contributed by atoms with Crippen LogP contribution in [0.2, 0.25) is 0 Å². The summed E-state index contributed by atoms with van der Waals surface area (Å²) in [5.74, 6) is 1.08. The van der Waals surface area contributed by atoms with E-state index in [4.69, 9.17) is 0 Å². The standard InChI is InChI=1S/C16H22N4O2/c1-12-10-14(12)16(22)20-8-6-19(7-9-20)11-15(21)18-13-2-4-17-5-3-13/h2-5,12,14H,6-11H2,1H3,(H,17,18,21)/t12-,14+/m1/s1.